The van der Waals surface area contributed by atoms with Gasteiger partial charge in [0.2, 0.25) is 0 Å². The lowest BCUT2D eigenvalue weighted by Gasteiger charge is -2.06. The van der Waals surface area contributed by atoms with E-state index < -0.39 is 0 Å². The third kappa shape index (κ3) is 1.87. The fraction of sp³-hybridized carbons (Fsp3) is 0. The second-order valence-electron chi connectivity index (χ2n) is 3.94. The number of aromatic nitrogens is 3. The zero-order valence-corrected chi connectivity index (χ0v) is 10.4. The molecular formula is C14H11N3S. The third-order valence-corrected chi connectivity index (χ3v) is 3.11. The Bertz CT molecular complexity index is 713. The van der Waals surface area contributed by atoms with Crippen LogP contribution in [0.25, 0.3) is 22.4 Å². The minimum atomic E-state index is 0.624. The standard InChI is InChI=1S/C14H11N3S/c18-14-13(15-17-16-14)12-9-5-4-8-11(12)10-6-2-1-3-7-10/h1-9H,(H2,15,16,17,18). The Labute approximate surface area is 109 Å². The maximum absolute atomic E-state index is 5.23. The molecule has 0 saturated carbocycles. The summed E-state index contributed by atoms with van der Waals surface area (Å²) in [6.45, 7) is 0. The van der Waals surface area contributed by atoms with Crippen LogP contribution in [0.15, 0.2) is 54.6 Å². The van der Waals surface area contributed by atoms with Crippen molar-refractivity contribution in [1.29, 1.82) is 0 Å². The summed E-state index contributed by atoms with van der Waals surface area (Å²) in [5.41, 5.74) is 4.10. The van der Waals surface area contributed by atoms with Crippen molar-refractivity contribution in [2.75, 3.05) is 0 Å². The van der Waals surface area contributed by atoms with Crippen molar-refractivity contribution in [3.63, 3.8) is 0 Å². The molecule has 0 radical (unpaired) electrons. The summed E-state index contributed by atoms with van der Waals surface area (Å²) >= 11 is 5.23. The summed E-state index contributed by atoms with van der Waals surface area (Å²) in [5, 5.41) is 9.71. The SMILES string of the molecule is S=c1[nH][nH]nc1-c1ccccc1-c1ccccc1. The number of hydrogen-bond donors (Lipinski definition) is 2. The molecule has 0 aliphatic heterocycles. The Morgan fingerprint density at radius 3 is 2.17 bits per heavy atom. The lowest BCUT2D eigenvalue weighted by Crippen LogP contribution is -1.85. The Hall–Kier alpha value is -2.20. The normalized spacial score (nSPS) is 10.4. The van der Waals surface area contributed by atoms with Crippen LogP contribution in [-0.4, -0.2) is 15.4 Å². The number of nitrogens with one attached hydrogen (secondary N) is 2. The first-order chi connectivity index (χ1) is 8.86. The Kier molecular flexibility index (Phi) is 2.78. The van der Waals surface area contributed by atoms with E-state index in [1.54, 1.807) is 0 Å². The van der Waals surface area contributed by atoms with Crippen LogP contribution in [0.5, 0.6) is 0 Å². The van der Waals surface area contributed by atoms with Crippen molar-refractivity contribution in [1.82, 2.24) is 15.4 Å². The van der Waals surface area contributed by atoms with Crippen LogP contribution in [0, 0.1) is 4.64 Å². The molecule has 3 nitrogen and oxygen atoms in total. The van der Waals surface area contributed by atoms with Crippen LogP contribution in [-0.2, 0) is 0 Å². The number of aromatic amines is 2. The average Bonchev–Trinajstić information content (AvgIpc) is 2.86. The summed E-state index contributed by atoms with van der Waals surface area (Å²) in [6, 6.07) is 18.3. The predicted molar refractivity (Wildman–Crippen MR) is 74.6 cm³/mol. The molecule has 0 bridgehead atoms. The van der Waals surface area contributed by atoms with Gasteiger partial charge in [-0.05, 0) is 11.1 Å². The minimum Gasteiger partial charge on any atom is -0.273 e. The lowest BCUT2D eigenvalue weighted by atomic mass is 9.98. The van der Waals surface area contributed by atoms with Gasteiger partial charge in [0, 0.05) is 5.56 Å². The number of rotatable bonds is 2. The van der Waals surface area contributed by atoms with Gasteiger partial charge in [0.15, 0.2) is 0 Å². The molecule has 0 aliphatic carbocycles. The molecule has 0 fully saturated rings. The maximum Gasteiger partial charge on any atom is 0.147 e. The predicted octanol–water partition coefficient (Wildman–Crippen LogP) is 3.80. The van der Waals surface area contributed by atoms with Crippen molar-refractivity contribution in [3.05, 3.63) is 59.2 Å². The molecule has 0 atom stereocenters. The fourth-order valence-electron chi connectivity index (χ4n) is 1.99. The monoisotopic (exact) mass is 253 g/mol. The highest BCUT2D eigenvalue weighted by molar-refractivity contribution is 7.71. The third-order valence-electron chi connectivity index (χ3n) is 2.82. The van der Waals surface area contributed by atoms with Gasteiger partial charge < -0.3 is 0 Å². The largest absolute Gasteiger partial charge is 0.273 e. The zero-order chi connectivity index (χ0) is 12.4. The molecule has 0 saturated heterocycles. The van der Waals surface area contributed by atoms with Crippen LogP contribution in [0.2, 0.25) is 0 Å². The van der Waals surface area contributed by atoms with Crippen molar-refractivity contribution in [2.45, 2.75) is 0 Å². The molecule has 3 rings (SSSR count). The molecule has 3 aromatic rings. The van der Waals surface area contributed by atoms with Gasteiger partial charge in [-0.15, -0.1) is 0 Å². The molecule has 0 aliphatic rings. The second kappa shape index (κ2) is 4.58. The van der Waals surface area contributed by atoms with Crippen LogP contribution < -0.4 is 0 Å². The smallest absolute Gasteiger partial charge is 0.147 e. The van der Waals surface area contributed by atoms with Gasteiger partial charge in [0.05, 0.1) is 0 Å². The Balaban J connectivity index is 2.24. The molecule has 4 heteroatoms. The van der Waals surface area contributed by atoms with E-state index in [2.05, 4.69) is 33.6 Å². The summed E-state index contributed by atoms with van der Waals surface area (Å²) < 4.78 is 0.624. The Morgan fingerprint density at radius 1 is 0.833 bits per heavy atom. The van der Waals surface area contributed by atoms with Gasteiger partial charge in [-0.2, -0.15) is 5.10 Å². The van der Waals surface area contributed by atoms with Gasteiger partial charge in [0.1, 0.15) is 10.3 Å². The van der Waals surface area contributed by atoms with E-state index in [-0.39, 0.29) is 0 Å². The van der Waals surface area contributed by atoms with Crippen LogP contribution in [0.4, 0.5) is 0 Å². The lowest BCUT2D eigenvalue weighted by molar-refractivity contribution is 0.938. The number of hydrogen-bond acceptors (Lipinski definition) is 2. The van der Waals surface area contributed by atoms with E-state index in [0.29, 0.717) is 4.64 Å². The van der Waals surface area contributed by atoms with Crippen LogP contribution in [0.1, 0.15) is 0 Å². The van der Waals surface area contributed by atoms with Crippen LogP contribution in [0.3, 0.4) is 0 Å². The number of nitrogens with zero attached hydrogens (tertiary/aromatic N) is 1. The summed E-state index contributed by atoms with van der Waals surface area (Å²) in [4.78, 5) is 0. The van der Waals surface area contributed by atoms with E-state index in [1.807, 2.05) is 36.4 Å². The highest BCUT2D eigenvalue weighted by Crippen LogP contribution is 2.30. The summed E-state index contributed by atoms with van der Waals surface area (Å²) in [5.74, 6) is 0. The molecule has 0 spiro atoms. The van der Waals surface area contributed by atoms with Crippen molar-refractivity contribution >= 4 is 12.2 Å². The second-order valence-corrected chi connectivity index (χ2v) is 4.35. The average molecular weight is 253 g/mol. The van der Waals surface area contributed by atoms with E-state index in [9.17, 15) is 0 Å². The van der Waals surface area contributed by atoms with E-state index >= 15 is 0 Å². The molecule has 0 unspecified atom stereocenters. The van der Waals surface area contributed by atoms with Crippen molar-refractivity contribution < 1.29 is 0 Å². The first-order valence-corrected chi connectivity index (χ1v) is 6.05. The molecule has 18 heavy (non-hydrogen) atoms. The molecular weight excluding hydrogens is 242 g/mol. The molecule has 1 heterocycles. The fourth-order valence-corrected chi connectivity index (χ4v) is 2.19. The van der Waals surface area contributed by atoms with Gasteiger partial charge in [0.25, 0.3) is 0 Å². The van der Waals surface area contributed by atoms with Crippen molar-refractivity contribution in [2.24, 2.45) is 0 Å². The van der Waals surface area contributed by atoms with E-state index in [4.69, 9.17) is 12.2 Å². The number of benzene rings is 2. The van der Waals surface area contributed by atoms with Gasteiger partial charge in [-0.25, -0.2) is 5.21 Å². The van der Waals surface area contributed by atoms with Gasteiger partial charge in [-0.1, -0.05) is 66.8 Å². The zero-order valence-electron chi connectivity index (χ0n) is 9.55. The van der Waals surface area contributed by atoms with Gasteiger partial charge in [-0.3, -0.25) is 5.10 Å². The number of H-pyrrole nitrogens is 2. The maximum atomic E-state index is 5.23. The highest BCUT2D eigenvalue weighted by atomic mass is 32.1. The highest BCUT2D eigenvalue weighted by Gasteiger charge is 2.09. The Morgan fingerprint density at radius 2 is 1.50 bits per heavy atom. The van der Waals surface area contributed by atoms with E-state index in [1.165, 1.54) is 0 Å². The first-order valence-electron chi connectivity index (χ1n) is 5.64. The van der Waals surface area contributed by atoms with Crippen LogP contribution >= 0.6 is 12.2 Å². The topological polar surface area (TPSA) is 44.5 Å². The van der Waals surface area contributed by atoms with E-state index in [0.717, 1.165) is 22.4 Å². The molecule has 0 amide bonds. The minimum absolute atomic E-state index is 0.624. The first kappa shape index (κ1) is 10.9. The molecule has 1 aromatic heterocycles. The molecule has 2 N–H and O–H groups in total. The molecule has 88 valence electrons. The summed E-state index contributed by atoms with van der Waals surface area (Å²) in [7, 11) is 0. The van der Waals surface area contributed by atoms with Gasteiger partial charge >= 0.3 is 0 Å². The quantitative estimate of drug-likeness (QED) is 0.682. The molecule has 2 aromatic carbocycles. The van der Waals surface area contributed by atoms with Crippen molar-refractivity contribution in [3.8, 4) is 22.4 Å². The summed E-state index contributed by atoms with van der Waals surface area (Å²) in [6.07, 6.45) is 0.